The number of halogens is 2. The fourth-order valence-corrected chi connectivity index (χ4v) is 2.03. The summed E-state index contributed by atoms with van der Waals surface area (Å²) in [6.45, 7) is 0. The van der Waals surface area contributed by atoms with Crippen molar-refractivity contribution in [2.24, 2.45) is 0 Å². The molecule has 4 heteroatoms. The Hall–Kier alpha value is -1.38. The number of hydrogen-bond donors (Lipinski definition) is 2. The summed E-state index contributed by atoms with van der Waals surface area (Å²) in [5, 5.41) is 1.36. The van der Waals surface area contributed by atoms with Gasteiger partial charge in [-0.25, -0.2) is 0 Å². The van der Waals surface area contributed by atoms with Gasteiger partial charge in [-0.1, -0.05) is 23.2 Å². The molecule has 0 bridgehead atoms. The average Bonchev–Trinajstić information content (AvgIpc) is 2.28. The van der Waals surface area contributed by atoms with Crippen LogP contribution in [0, 0.1) is 0 Å². The highest BCUT2D eigenvalue weighted by Gasteiger charge is 2.06. The lowest BCUT2D eigenvalue weighted by atomic mass is 10.0. The van der Waals surface area contributed by atoms with E-state index in [1.807, 2.05) is 12.1 Å². The fraction of sp³-hybridized carbons (Fsp3) is 0.0769. The van der Waals surface area contributed by atoms with Crippen molar-refractivity contribution in [2.75, 3.05) is 11.5 Å². The summed E-state index contributed by atoms with van der Waals surface area (Å²) < 4.78 is 0. The largest absolute Gasteiger partial charge is 0.399 e. The van der Waals surface area contributed by atoms with Gasteiger partial charge < -0.3 is 11.5 Å². The van der Waals surface area contributed by atoms with E-state index in [9.17, 15) is 0 Å². The predicted molar refractivity (Wildman–Crippen MR) is 74.5 cm³/mol. The van der Waals surface area contributed by atoms with Crippen LogP contribution in [0.15, 0.2) is 36.4 Å². The summed E-state index contributed by atoms with van der Waals surface area (Å²) >= 11 is 12.2. The molecule has 2 aromatic rings. The van der Waals surface area contributed by atoms with Crippen molar-refractivity contribution in [1.82, 2.24) is 0 Å². The van der Waals surface area contributed by atoms with E-state index in [-0.39, 0.29) is 0 Å². The first-order valence-electron chi connectivity index (χ1n) is 5.14. The number of hydrogen-bond acceptors (Lipinski definition) is 2. The van der Waals surface area contributed by atoms with E-state index in [2.05, 4.69) is 0 Å². The van der Waals surface area contributed by atoms with Crippen LogP contribution in [0.25, 0.3) is 0 Å². The molecule has 0 unspecified atom stereocenters. The molecule has 17 heavy (non-hydrogen) atoms. The number of benzene rings is 2. The zero-order valence-corrected chi connectivity index (χ0v) is 10.6. The molecule has 0 fully saturated rings. The van der Waals surface area contributed by atoms with E-state index in [0.717, 1.165) is 11.1 Å². The second kappa shape index (κ2) is 4.86. The number of rotatable bonds is 2. The lowest BCUT2D eigenvalue weighted by Crippen LogP contribution is -1.95. The van der Waals surface area contributed by atoms with Crippen LogP contribution in [-0.4, -0.2) is 0 Å². The van der Waals surface area contributed by atoms with Gasteiger partial charge in [-0.2, -0.15) is 0 Å². The molecule has 0 aliphatic carbocycles. The third-order valence-electron chi connectivity index (χ3n) is 2.52. The van der Waals surface area contributed by atoms with Crippen molar-refractivity contribution >= 4 is 34.6 Å². The molecule has 0 amide bonds. The SMILES string of the molecule is Nc1ccc(Cl)c(Cc2cc(N)ccc2Cl)c1. The highest BCUT2D eigenvalue weighted by Crippen LogP contribution is 2.26. The van der Waals surface area contributed by atoms with Crippen molar-refractivity contribution in [2.45, 2.75) is 6.42 Å². The first kappa shape index (κ1) is 12.1. The van der Waals surface area contributed by atoms with E-state index >= 15 is 0 Å². The Morgan fingerprint density at radius 1 is 0.765 bits per heavy atom. The Labute approximate surface area is 110 Å². The van der Waals surface area contributed by atoms with Crippen molar-refractivity contribution in [3.05, 3.63) is 57.6 Å². The van der Waals surface area contributed by atoms with Crippen LogP contribution < -0.4 is 11.5 Å². The maximum absolute atomic E-state index is 6.11. The van der Waals surface area contributed by atoms with Gasteiger partial charge in [0.05, 0.1) is 0 Å². The Morgan fingerprint density at radius 2 is 1.18 bits per heavy atom. The van der Waals surface area contributed by atoms with Crippen molar-refractivity contribution in [3.8, 4) is 0 Å². The van der Waals surface area contributed by atoms with Crippen LogP contribution in [0.3, 0.4) is 0 Å². The molecule has 2 aromatic carbocycles. The van der Waals surface area contributed by atoms with Gasteiger partial charge >= 0.3 is 0 Å². The zero-order valence-electron chi connectivity index (χ0n) is 9.08. The quantitative estimate of drug-likeness (QED) is 0.814. The maximum atomic E-state index is 6.11. The van der Waals surface area contributed by atoms with Gasteiger partial charge in [0, 0.05) is 27.8 Å². The van der Waals surface area contributed by atoms with Crippen LogP contribution >= 0.6 is 23.2 Å². The molecule has 0 spiro atoms. The highest BCUT2D eigenvalue weighted by atomic mass is 35.5. The molecule has 4 N–H and O–H groups in total. The summed E-state index contributed by atoms with van der Waals surface area (Å²) in [7, 11) is 0. The van der Waals surface area contributed by atoms with Gasteiger partial charge in [-0.05, 0) is 47.5 Å². The summed E-state index contributed by atoms with van der Waals surface area (Å²) in [5.41, 5.74) is 14.7. The van der Waals surface area contributed by atoms with Crippen LogP contribution in [0.5, 0.6) is 0 Å². The molecule has 0 atom stereocenters. The Kier molecular flexibility index (Phi) is 3.46. The van der Waals surface area contributed by atoms with E-state index < -0.39 is 0 Å². The smallest absolute Gasteiger partial charge is 0.0442 e. The summed E-state index contributed by atoms with van der Waals surface area (Å²) in [6.07, 6.45) is 0.619. The molecule has 0 saturated heterocycles. The normalized spacial score (nSPS) is 10.5. The monoisotopic (exact) mass is 266 g/mol. The first-order chi connectivity index (χ1) is 8.06. The Balaban J connectivity index is 2.37. The standard InChI is InChI=1S/C13H12Cl2N2/c14-12-3-1-10(16)6-8(12)5-9-7-11(17)2-4-13(9)15/h1-4,6-7H,5,16-17H2. The molecule has 0 heterocycles. The van der Waals surface area contributed by atoms with Gasteiger partial charge in [0.25, 0.3) is 0 Å². The Morgan fingerprint density at radius 3 is 1.59 bits per heavy atom. The van der Waals surface area contributed by atoms with Crippen molar-refractivity contribution < 1.29 is 0 Å². The molecule has 0 saturated carbocycles. The summed E-state index contributed by atoms with van der Waals surface area (Å²) in [5.74, 6) is 0. The maximum Gasteiger partial charge on any atom is 0.0442 e. The van der Waals surface area contributed by atoms with Gasteiger partial charge in [-0.15, -0.1) is 0 Å². The lowest BCUT2D eigenvalue weighted by molar-refractivity contribution is 1.20. The predicted octanol–water partition coefficient (Wildman–Crippen LogP) is 3.75. The topological polar surface area (TPSA) is 52.0 Å². The third kappa shape index (κ3) is 2.84. The average molecular weight is 267 g/mol. The minimum atomic E-state index is 0.619. The van der Waals surface area contributed by atoms with Gasteiger partial charge in [0.2, 0.25) is 0 Å². The summed E-state index contributed by atoms with van der Waals surface area (Å²) in [6, 6.07) is 10.8. The van der Waals surface area contributed by atoms with E-state index in [0.29, 0.717) is 27.8 Å². The summed E-state index contributed by atoms with van der Waals surface area (Å²) in [4.78, 5) is 0. The van der Waals surface area contributed by atoms with E-state index in [1.54, 1.807) is 24.3 Å². The van der Waals surface area contributed by atoms with Crippen molar-refractivity contribution in [1.29, 1.82) is 0 Å². The van der Waals surface area contributed by atoms with E-state index in [1.165, 1.54) is 0 Å². The molecule has 0 aliphatic rings. The molecule has 0 aliphatic heterocycles. The Bertz CT molecular complexity index is 504. The number of nitrogens with two attached hydrogens (primary N) is 2. The van der Waals surface area contributed by atoms with Gasteiger partial charge in [-0.3, -0.25) is 0 Å². The zero-order chi connectivity index (χ0) is 12.4. The molecule has 0 radical (unpaired) electrons. The minimum Gasteiger partial charge on any atom is -0.399 e. The van der Waals surface area contributed by atoms with Gasteiger partial charge in [0.15, 0.2) is 0 Å². The second-order valence-electron chi connectivity index (χ2n) is 3.88. The van der Waals surface area contributed by atoms with Crippen LogP contribution in [0.4, 0.5) is 11.4 Å². The minimum absolute atomic E-state index is 0.619. The van der Waals surface area contributed by atoms with E-state index in [4.69, 9.17) is 34.7 Å². The third-order valence-corrected chi connectivity index (χ3v) is 3.26. The molecule has 88 valence electrons. The molecular formula is C13H12Cl2N2. The molecule has 0 aromatic heterocycles. The second-order valence-corrected chi connectivity index (χ2v) is 4.69. The molecule has 2 nitrogen and oxygen atoms in total. The van der Waals surface area contributed by atoms with Crippen LogP contribution in [0.2, 0.25) is 10.0 Å². The number of anilines is 2. The highest BCUT2D eigenvalue weighted by molar-refractivity contribution is 6.32. The molecule has 2 rings (SSSR count). The molecular weight excluding hydrogens is 255 g/mol. The van der Waals surface area contributed by atoms with Gasteiger partial charge in [0.1, 0.15) is 0 Å². The van der Waals surface area contributed by atoms with Crippen molar-refractivity contribution in [3.63, 3.8) is 0 Å². The lowest BCUT2D eigenvalue weighted by Gasteiger charge is -2.08. The fourth-order valence-electron chi connectivity index (χ4n) is 1.67. The van der Waals surface area contributed by atoms with Crippen LogP contribution in [0.1, 0.15) is 11.1 Å². The first-order valence-corrected chi connectivity index (χ1v) is 5.89. The van der Waals surface area contributed by atoms with Crippen LogP contribution in [-0.2, 0) is 6.42 Å². The number of nitrogen functional groups attached to an aromatic ring is 2.